The molecule has 0 amide bonds. The first-order chi connectivity index (χ1) is 18.7. The molecule has 0 bridgehead atoms. The summed E-state index contributed by atoms with van der Waals surface area (Å²) in [6.07, 6.45) is 1.84. The van der Waals surface area contributed by atoms with Crippen molar-refractivity contribution in [3.8, 4) is 39.9 Å². The van der Waals surface area contributed by atoms with Crippen LogP contribution in [0.2, 0.25) is 0 Å². The number of nitrogens with zero attached hydrogens (tertiary/aromatic N) is 5. The van der Waals surface area contributed by atoms with Crippen LogP contribution in [0.5, 0.6) is 0 Å². The van der Waals surface area contributed by atoms with Gasteiger partial charge >= 0.3 is 0 Å². The molecule has 0 aliphatic carbocycles. The number of hydrogen-bond acceptors (Lipinski definition) is 4. The zero-order valence-electron chi connectivity index (χ0n) is 20.2. The quantitative estimate of drug-likeness (QED) is 0.221. The van der Waals surface area contributed by atoms with Gasteiger partial charge in [-0.3, -0.25) is 4.98 Å². The molecule has 3 heterocycles. The van der Waals surface area contributed by atoms with Crippen molar-refractivity contribution >= 4 is 37.9 Å². The molecule has 5 nitrogen and oxygen atoms in total. The Hall–Kier alpha value is -4.68. The van der Waals surface area contributed by atoms with Crippen LogP contribution in [0.15, 0.2) is 126 Å². The van der Waals surface area contributed by atoms with Gasteiger partial charge in [-0.05, 0) is 42.5 Å². The van der Waals surface area contributed by atoms with E-state index in [4.69, 9.17) is 15.0 Å². The third kappa shape index (κ3) is 3.96. The molecule has 0 aliphatic heterocycles. The molecule has 7 rings (SSSR count). The summed E-state index contributed by atoms with van der Waals surface area (Å²) >= 11 is 3.65. The molecular weight excluding hydrogens is 534 g/mol. The molecule has 3 aromatic heterocycles. The summed E-state index contributed by atoms with van der Waals surface area (Å²) in [6.45, 7) is 0. The Morgan fingerprint density at radius 1 is 0.526 bits per heavy atom. The molecule has 6 heteroatoms. The van der Waals surface area contributed by atoms with E-state index in [-0.39, 0.29) is 0 Å². The van der Waals surface area contributed by atoms with E-state index in [1.807, 2.05) is 85.1 Å². The molecule has 0 saturated carbocycles. The minimum absolute atomic E-state index is 0.625. The van der Waals surface area contributed by atoms with E-state index in [0.29, 0.717) is 17.5 Å². The van der Waals surface area contributed by atoms with E-state index in [2.05, 4.69) is 61.9 Å². The summed E-state index contributed by atoms with van der Waals surface area (Å²) in [6, 6.07) is 38.8. The average Bonchev–Trinajstić information content (AvgIpc) is 3.31. The number of benzene rings is 4. The first kappa shape index (κ1) is 22.5. The van der Waals surface area contributed by atoms with Crippen molar-refractivity contribution in [2.75, 3.05) is 0 Å². The molecule has 0 atom stereocenters. The van der Waals surface area contributed by atoms with Crippen molar-refractivity contribution in [3.05, 3.63) is 126 Å². The van der Waals surface area contributed by atoms with E-state index in [1.54, 1.807) is 0 Å². The fraction of sp³-hybridized carbons (Fsp3) is 0. The minimum Gasteiger partial charge on any atom is -0.308 e. The van der Waals surface area contributed by atoms with Crippen LogP contribution in [0.4, 0.5) is 0 Å². The summed E-state index contributed by atoms with van der Waals surface area (Å²) in [5.74, 6) is 1.91. The number of aromatic nitrogens is 5. The predicted octanol–water partition coefficient (Wildman–Crippen LogP) is 8.13. The van der Waals surface area contributed by atoms with Gasteiger partial charge in [-0.1, -0.05) is 88.7 Å². The molecule has 7 aromatic rings. The van der Waals surface area contributed by atoms with Gasteiger partial charge in [0, 0.05) is 38.4 Å². The maximum absolute atomic E-state index is 4.91. The largest absolute Gasteiger partial charge is 0.308 e. The Kier molecular flexibility index (Phi) is 5.52. The molecule has 0 fully saturated rings. The van der Waals surface area contributed by atoms with Crippen molar-refractivity contribution < 1.29 is 0 Å². The number of halogens is 1. The number of rotatable bonds is 4. The first-order valence-corrected chi connectivity index (χ1v) is 13.1. The Morgan fingerprint density at radius 2 is 1.16 bits per heavy atom. The second kappa shape index (κ2) is 9.32. The van der Waals surface area contributed by atoms with Crippen LogP contribution in [-0.2, 0) is 0 Å². The van der Waals surface area contributed by atoms with Gasteiger partial charge in [0.1, 0.15) is 0 Å². The molecule has 0 N–H and O–H groups in total. The Labute approximate surface area is 227 Å². The van der Waals surface area contributed by atoms with E-state index < -0.39 is 0 Å². The molecular formula is C32H20BrN5. The lowest BCUT2D eigenvalue weighted by molar-refractivity contribution is 1.07. The van der Waals surface area contributed by atoms with Gasteiger partial charge in [-0.25, -0.2) is 15.0 Å². The smallest absolute Gasteiger partial charge is 0.164 e. The number of pyridine rings is 1. The summed E-state index contributed by atoms with van der Waals surface area (Å²) in [5, 5.41) is 1.10. The summed E-state index contributed by atoms with van der Waals surface area (Å²) in [5.41, 5.74) is 6.91. The average molecular weight is 554 g/mol. The summed E-state index contributed by atoms with van der Waals surface area (Å²) in [4.78, 5) is 19.3. The van der Waals surface area contributed by atoms with Crippen LogP contribution in [0.1, 0.15) is 0 Å². The van der Waals surface area contributed by atoms with Crippen LogP contribution >= 0.6 is 15.9 Å². The first-order valence-electron chi connectivity index (χ1n) is 12.3. The lowest BCUT2D eigenvalue weighted by Crippen LogP contribution is -2.01. The topological polar surface area (TPSA) is 56.5 Å². The van der Waals surface area contributed by atoms with Crippen LogP contribution in [-0.4, -0.2) is 24.5 Å². The third-order valence-corrected chi connectivity index (χ3v) is 7.04. The van der Waals surface area contributed by atoms with Gasteiger partial charge in [-0.2, -0.15) is 0 Å². The van der Waals surface area contributed by atoms with E-state index in [1.165, 1.54) is 0 Å². The van der Waals surface area contributed by atoms with Gasteiger partial charge in [0.15, 0.2) is 17.5 Å². The maximum Gasteiger partial charge on any atom is 0.164 e. The molecule has 4 aromatic carbocycles. The molecule has 0 radical (unpaired) electrons. The van der Waals surface area contributed by atoms with Crippen LogP contribution in [0.25, 0.3) is 61.8 Å². The second-order valence-corrected chi connectivity index (χ2v) is 9.87. The highest BCUT2D eigenvalue weighted by atomic mass is 79.9. The normalized spacial score (nSPS) is 11.3. The van der Waals surface area contributed by atoms with Gasteiger partial charge < -0.3 is 4.57 Å². The van der Waals surface area contributed by atoms with Gasteiger partial charge in [0.05, 0.1) is 16.6 Å². The summed E-state index contributed by atoms with van der Waals surface area (Å²) in [7, 11) is 0. The third-order valence-electron chi connectivity index (χ3n) is 6.55. The zero-order chi connectivity index (χ0) is 25.5. The highest BCUT2D eigenvalue weighted by molar-refractivity contribution is 9.10. The van der Waals surface area contributed by atoms with E-state index in [9.17, 15) is 0 Å². The van der Waals surface area contributed by atoms with E-state index in [0.717, 1.165) is 48.8 Å². The standard InChI is InChI=1S/C32H20BrN5/c33-24-16-17-26-28(20-24)38(27-15-8-18-34-29(26)27)25-14-7-13-23(19-25)32-36-30(21-9-3-1-4-10-21)35-31(37-32)22-11-5-2-6-12-22/h1-20H. The van der Waals surface area contributed by atoms with Crippen molar-refractivity contribution in [2.24, 2.45) is 0 Å². The SMILES string of the molecule is Brc1ccc2c3ncccc3n(-c3cccc(-c4nc(-c5ccccc5)nc(-c5ccccc5)n4)c3)c2c1. The minimum atomic E-state index is 0.625. The molecule has 0 spiro atoms. The van der Waals surface area contributed by atoms with Crippen molar-refractivity contribution in [1.29, 1.82) is 0 Å². The van der Waals surface area contributed by atoms with Crippen molar-refractivity contribution in [3.63, 3.8) is 0 Å². The molecule has 0 unspecified atom stereocenters. The van der Waals surface area contributed by atoms with Crippen LogP contribution < -0.4 is 0 Å². The van der Waals surface area contributed by atoms with Crippen molar-refractivity contribution in [2.45, 2.75) is 0 Å². The highest BCUT2D eigenvalue weighted by Gasteiger charge is 2.16. The van der Waals surface area contributed by atoms with Crippen LogP contribution in [0, 0.1) is 0 Å². The Balaban J connectivity index is 1.44. The maximum atomic E-state index is 4.91. The Bertz CT molecular complexity index is 1870. The fourth-order valence-corrected chi connectivity index (χ4v) is 5.15. The van der Waals surface area contributed by atoms with Gasteiger partial charge in [-0.15, -0.1) is 0 Å². The second-order valence-electron chi connectivity index (χ2n) is 8.96. The lowest BCUT2D eigenvalue weighted by atomic mass is 10.1. The van der Waals surface area contributed by atoms with Crippen LogP contribution in [0.3, 0.4) is 0 Å². The summed E-state index contributed by atoms with van der Waals surface area (Å²) < 4.78 is 3.26. The highest BCUT2D eigenvalue weighted by Crippen LogP contribution is 2.33. The fourth-order valence-electron chi connectivity index (χ4n) is 4.80. The number of hydrogen-bond donors (Lipinski definition) is 0. The van der Waals surface area contributed by atoms with E-state index >= 15 is 0 Å². The monoisotopic (exact) mass is 553 g/mol. The molecule has 180 valence electrons. The van der Waals surface area contributed by atoms with Gasteiger partial charge in [0.25, 0.3) is 0 Å². The van der Waals surface area contributed by atoms with Crippen molar-refractivity contribution in [1.82, 2.24) is 24.5 Å². The predicted molar refractivity (Wildman–Crippen MR) is 156 cm³/mol. The lowest BCUT2D eigenvalue weighted by Gasteiger charge is -2.11. The molecule has 0 aliphatic rings. The zero-order valence-corrected chi connectivity index (χ0v) is 21.7. The van der Waals surface area contributed by atoms with Gasteiger partial charge in [0.2, 0.25) is 0 Å². The molecule has 38 heavy (non-hydrogen) atoms. The molecule has 0 saturated heterocycles. The number of fused-ring (bicyclic) bond motifs is 3. The Morgan fingerprint density at radius 3 is 1.84 bits per heavy atom.